The molecule has 1 N–H and O–H groups in total. The second kappa shape index (κ2) is 9.82. The van der Waals surface area contributed by atoms with Crippen LogP contribution in [0, 0.1) is 12.7 Å². The van der Waals surface area contributed by atoms with Crippen LogP contribution in [0.25, 0.3) is 0 Å². The lowest BCUT2D eigenvalue weighted by Crippen LogP contribution is -2.03. The van der Waals surface area contributed by atoms with E-state index in [4.69, 9.17) is 0 Å². The smallest absolute Gasteiger partial charge is 0.125 e. The number of anilines is 1. The molecule has 1 aromatic carbocycles. The lowest BCUT2D eigenvalue weighted by atomic mass is 10.1. The number of benzene rings is 1. The monoisotopic (exact) mass is 265 g/mol. The Labute approximate surface area is 117 Å². The summed E-state index contributed by atoms with van der Waals surface area (Å²) in [4.78, 5) is 0. The number of nitrogens with one attached hydrogen (secondary N) is 1. The third kappa shape index (κ3) is 7.19. The summed E-state index contributed by atoms with van der Waals surface area (Å²) in [5.41, 5.74) is 2.05. The summed E-state index contributed by atoms with van der Waals surface area (Å²) in [5.74, 6) is -0.163. The van der Waals surface area contributed by atoms with Crippen LogP contribution in [0.1, 0.15) is 63.9 Å². The number of unbranched alkanes of at least 4 members (excludes halogenated alkanes) is 7. The molecule has 0 radical (unpaired) electrons. The van der Waals surface area contributed by atoms with E-state index in [0.717, 1.165) is 17.8 Å². The molecule has 0 atom stereocenters. The van der Waals surface area contributed by atoms with Crippen LogP contribution in [-0.4, -0.2) is 6.54 Å². The quantitative estimate of drug-likeness (QED) is 0.536. The minimum Gasteiger partial charge on any atom is -0.385 e. The van der Waals surface area contributed by atoms with Crippen molar-refractivity contribution >= 4 is 5.69 Å². The number of hydrogen-bond acceptors (Lipinski definition) is 1. The Bertz CT molecular complexity index is 349. The van der Waals surface area contributed by atoms with Gasteiger partial charge in [-0.05, 0) is 31.0 Å². The second-order valence-electron chi connectivity index (χ2n) is 5.36. The third-order valence-corrected chi connectivity index (χ3v) is 3.55. The van der Waals surface area contributed by atoms with Crippen molar-refractivity contribution in [2.24, 2.45) is 0 Å². The SMILES string of the molecule is CCCCCCCCCCNc1cc(F)ccc1C. The van der Waals surface area contributed by atoms with Gasteiger partial charge in [0.05, 0.1) is 0 Å². The van der Waals surface area contributed by atoms with Crippen LogP contribution in [-0.2, 0) is 0 Å². The van der Waals surface area contributed by atoms with E-state index in [2.05, 4.69) is 12.2 Å². The lowest BCUT2D eigenvalue weighted by molar-refractivity contribution is 0.581. The van der Waals surface area contributed by atoms with Gasteiger partial charge in [0.1, 0.15) is 5.82 Å². The molecule has 0 unspecified atom stereocenters. The first-order valence-electron chi connectivity index (χ1n) is 7.74. The second-order valence-corrected chi connectivity index (χ2v) is 5.36. The highest BCUT2D eigenvalue weighted by atomic mass is 19.1. The van der Waals surface area contributed by atoms with Crippen molar-refractivity contribution in [1.29, 1.82) is 0 Å². The Morgan fingerprint density at radius 3 is 2.26 bits per heavy atom. The molecule has 0 aliphatic rings. The van der Waals surface area contributed by atoms with Crippen molar-refractivity contribution in [2.45, 2.75) is 65.2 Å². The molecule has 0 bridgehead atoms. The van der Waals surface area contributed by atoms with Gasteiger partial charge in [-0.2, -0.15) is 0 Å². The summed E-state index contributed by atoms with van der Waals surface area (Å²) in [6.07, 6.45) is 10.6. The number of aryl methyl sites for hydroxylation is 1. The molecule has 0 aliphatic carbocycles. The summed E-state index contributed by atoms with van der Waals surface area (Å²) in [6, 6.07) is 4.92. The zero-order chi connectivity index (χ0) is 13.9. The van der Waals surface area contributed by atoms with Crippen molar-refractivity contribution in [3.8, 4) is 0 Å². The molecule has 0 aromatic heterocycles. The lowest BCUT2D eigenvalue weighted by Gasteiger charge is -2.09. The van der Waals surface area contributed by atoms with Gasteiger partial charge < -0.3 is 5.32 Å². The van der Waals surface area contributed by atoms with E-state index in [-0.39, 0.29) is 5.82 Å². The van der Waals surface area contributed by atoms with E-state index in [1.807, 2.05) is 13.0 Å². The largest absolute Gasteiger partial charge is 0.385 e. The molecule has 108 valence electrons. The normalized spacial score (nSPS) is 10.7. The van der Waals surface area contributed by atoms with Crippen LogP contribution in [0.5, 0.6) is 0 Å². The Hall–Kier alpha value is -1.05. The fourth-order valence-electron chi connectivity index (χ4n) is 2.27. The van der Waals surface area contributed by atoms with Crippen LogP contribution >= 0.6 is 0 Å². The molecule has 0 fully saturated rings. The first-order valence-corrected chi connectivity index (χ1v) is 7.74. The van der Waals surface area contributed by atoms with E-state index in [1.165, 1.54) is 57.4 Å². The summed E-state index contributed by atoms with van der Waals surface area (Å²) in [7, 11) is 0. The topological polar surface area (TPSA) is 12.0 Å². The average Bonchev–Trinajstić information content (AvgIpc) is 2.40. The van der Waals surface area contributed by atoms with Crippen molar-refractivity contribution in [1.82, 2.24) is 0 Å². The maximum Gasteiger partial charge on any atom is 0.125 e. The van der Waals surface area contributed by atoms with E-state index in [0.29, 0.717) is 0 Å². The molecule has 0 aliphatic heterocycles. The molecular formula is C17H28FN. The summed E-state index contributed by atoms with van der Waals surface area (Å²) >= 11 is 0. The predicted octanol–water partition coefficient (Wildman–Crippen LogP) is 5.69. The highest BCUT2D eigenvalue weighted by Gasteiger charge is 1.99. The fraction of sp³-hybridized carbons (Fsp3) is 0.647. The molecule has 0 amide bonds. The average molecular weight is 265 g/mol. The van der Waals surface area contributed by atoms with E-state index < -0.39 is 0 Å². The predicted molar refractivity (Wildman–Crippen MR) is 82.2 cm³/mol. The van der Waals surface area contributed by atoms with E-state index >= 15 is 0 Å². The van der Waals surface area contributed by atoms with Crippen molar-refractivity contribution in [2.75, 3.05) is 11.9 Å². The van der Waals surface area contributed by atoms with Gasteiger partial charge in [-0.1, -0.05) is 57.9 Å². The molecule has 0 saturated heterocycles. The van der Waals surface area contributed by atoms with Gasteiger partial charge in [-0.25, -0.2) is 4.39 Å². The first kappa shape index (κ1) is 16.0. The highest BCUT2D eigenvalue weighted by Crippen LogP contribution is 2.16. The van der Waals surface area contributed by atoms with Crippen molar-refractivity contribution in [3.63, 3.8) is 0 Å². The third-order valence-electron chi connectivity index (χ3n) is 3.55. The van der Waals surface area contributed by atoms with Crippen LogP contribution in [0.4, 0.5) is 10.1 Å². The molecule has 1 rings (SSSR count). The van der Waals surface area contributed by atoms with Gasteiger partial charge in [0, 0.05) is 12.2 Å². The number of hydrogen-bond donors (Lipinski definition) is 1. The fourth-order valence-corrected chi connectivity index (χ4v) is 2.27. The van der Waals surface area contributed by atoms with Gasteiger partial charge in [-0.15, -0.1) is 0 Å². The molecule has 0 spiro atoms. The maximum absolute atomic E-state index is 13.1. The minimum absolute atomic E-state index is 0.163. The summed E-state index contributed by atoms with van der Waals surface area (Å²) < 4.78 is 13.1. The Morgan fingerprint density at radius 2 is 1.58 bits per heavy atom. The van der Waals surface area contributed by atoms with Gasteiger partial charge in [0.2, 0.25) is 0 Å². The van der Waals surface area contributed by atoms with Crippen molar-refractivity contribution < 1.29 is 4.39 Å². The summed E-state index contributed by atoms with van der Waals surface area (Å²) in [5, 5.41) is 3.32. The zero-order valence-electron chi connectivity index (χ0n) is 12.5. The number of halogens is 1. The molecule has 0 saturated carbocycles. The first-order chi connectivity index (χ1) is 9.24. The van der Waals surface area contributed by atoms with Crippen LogP contribution < -0.4 is 5.32 Å². The Kier molecular flexibility index (Phi) is 8.28. The molecule has 0 heterocycles. The standard InChI is InChI=1S/C17H28FN/c1-3-4-5-6-7-8-9-10-13-19-17-14-16(18)12-11-15(17)2/h11-12,14,19H,3-10,13H2,1-2H3. The van der Waals surface area contributed by atoms with E-state index in [1.54, 1.807) is 6.07 Å². The van der Waals surface area contributed by atoms with Crippen LogP contribution in [0.15, 0.2) is 18.2 Å². The Morgan fingerprint density at radius 1 is 0.947 bits per heavy atom. The van der Waals surface area contributed by atoms with Gasteiger partial charge in [0.25, 0.3) is 0 Å². The van der Waals surface area contributed by atoms with Gasteiger partial charge in [0.15, 0.2) is 0 Å². The van der Waals surface area contributed by atoms with Crippen LogP contribution in [0.3, 0.4) is 0 Å². The van der Waals surface area contributed by atoms with Crippen LogP contribution in [0.2, 0.25) is 0 Å². The van der Waals surface area contributed by atoms with Gasteiger partial charge >= 0.3 is 0 Å². The molecule has 1 nitrogen and oxygen atoms in total. The number of rotatable bonds is 10. The van der Waals surface area contributed by atoms with Gasteiger partial charge in [-0.3, -0.25) is 0 Å². The molecule has 2 heteroatoms. The van der Waals surface area contributed by atoms with Crippen molar-refractivity contribution in [3.05, 3.63) is 29.6 Å². The zero-order valence-corrected chi connectivity index (χ0v) is 12.5. The summed E-state index contributed by atoms with van der Waals surface area (Å²) in [6.45, 7) is 5.20. The molecule has 1 aromatic rings. The minimum atomic E-state index is -0.163. The Balaban J connectivity index is 2.03. The molecule has 19 heavy (non-hydrogen) atoms. The molecular weight excluding hydrogens is 237 g/mol. The highest BCUT2D eigenvalue weighted by molar-refractivity contribution is 5.50. The van der Waals surface area contributed by atoms with E-state index in [9.17, 15) is 4.39 Å². The maximum atomic E-state index is 13.1.